The molecule has 0 saturated heterocycles. The van der Waals surface area contributed by atoms with Crippen molar-refractivity contribution < 1.29 is 4.79 Å². The van der Waals surface area contributed by atoms with Crippen LogP contribution in [0, 0.1) is 0 Å². The van der Waals surface area contributed by atoms with E-state index in [1.54, 1.807) is 6.33 Å². The van der Waals surface area contributed by atoms with Gasteiger partial charge in [-0.05, 0) is 31.4 Å². The number of nitrogens with one attached hydrogen (secondary N) is 1. The Bertz CT molecular complexity index is 966. The fourth-order valence-electron chi connectivity index (χ4n) is 3.38. The van der Waals surface area contributed by atoms with Crippen LogP contribution in [0.4, 0.5) is 11.5 Å². The van der Waals surface area contributed by atoms with E-state index in [1.165, 1.54) is 0 Å². The van der Waals surface area contributed by atoms with Crippen molar-refractivity contribution in [1.29, 1.82) is 0 Å². The Morgan fingerprint density at radius 2 is 2.04 bits per heavy atom. The molecule has 4 rings (SSSR count). The lowest BCUT2D eigenvalue weighted by Gasteiger charge is -2.21. The third-order valence-electron chi connectivity index (χ3n) is 4.65. The summed E-state index contributed by atoms with van der Waals surface area (Å²) >= 11 is 0. The Labute approximate surface area is 158 Å². The van der Waals surface area contributed by atoms with Crippen molar-refractivity contribution in [1.82, 2.24) is 19.5 Å². The maximum Gasteiger partial charge on any atom is 0.243 e. The molecule has 2 aromatic heterocycles. The summed E-state index contributed by atoms with van der Waals surface area (Å²) in [5.74, 6) is 1.36. The number of para-hydroxylation sites is 1. The first-order valence-corrected chi connectivity index (χ1v) is 9.04. The smallest absolute Gasteiger partial charge is 0.243 e. The number of likely N-dealkylation sites (N-methyl/N-ethyl adjacent to an activating group) is 1. The van der Waals surface area contributed by atoms with Gasteiger partial charge < -0.3 is 14.8 Å². The van der Waals surface area contributed by atoms with Crippen molar-refractivity contribution in [3.63, 3.8) is 0 Å². The predicted molar refractivity (Wildman–Crippen MR) is 105 cm³/mol. The van der Waals surface area contributed by atoms with Crippen LogP contribution < -0.4 is 10.2 Å². The molecule has 7 heteroatoms. The number of imidazole rings is 1. The number of amides is 1. The summed E-state index contributed by atoms with van der Waals surface area (Å²) in [6, 6.07) is 9.47. The number of benzene rings is 1. The van der Waals surface area contributed by atoms with Gasteiger partial charge in [-0.3, -0.25) is 4.79 Å². The quantitative estimate of drug-likeness (QED) is 0.754. The summed E-state index contributed by atoms with van der Waals surface area (Å²) < 4.78 is 1.88. The molecule has 0 bridgehead atoms. The molecular weight excluding hydrogens is 340 g/mol. The highest BCUT2D eigenvalue weighted by atomic mass is 16.2. The van der Waals surface area contributed by atoms with Crippen molar-refractivity contribution >= 4 is 17.4 Å². The van der Waals surface area contributed by atoms with E-state index in [0.29, 0.717) is 5.82 Å². The molecule has 0 aliphatic heterocycles. The second-order valence-corrected chi connectivity index (χ2v) is 6.84. The first-order chi connectivity index (χ1) is 13.1. The van der Waals surface area contributed by atoms with Crippen molar-refractivity contribution in [2.24, 2.45) is 7.05 Å². The maximum atomic E-state index is 12.4. The lowest BCUT2D eigenvalue weighted by Crippen LogP contribution is -2.31. The summed E-state index contributed by atoms with van der Waals surface area (Å²) in [6.07, 6.45) is 6.59. The first-order valence-electron chi connectivity index (χ1n) is 9.04. The summed E-state index contributed by atoms with van der Waals surface area (Å²) in [7, 11) is 3.82. The van der Waals surface area contributed by atoms with E-state index in [0.717, 1.165) is 47.7 Å². The standard InChI is InChI=1S/C20H22N6O/c1-25-11-17(21-13-25)19-23-16-10-6-9-15(16)20(24-19)26(2)12-18(27)22-14-7-4-3-5-8-14/h3-5,7-8,11,13H,6,9-10,12H2,1-2H3,(H,22,27). The number of hydrogen-bond donors (Lipinski definition) is 1. The number of rotatable bonds is 5. The topological polar surface area (TPSA) is 75.9 Å². The number of anilines is 2. The average Bonchev–Trinajstić information content (AvgIpc) is 3.30. The second kappa shape index (κ2) is 7.19. The zero-order valence-electron chi connectivity index (χ0n) is 15.5. The van der Waals surface area contributed by atoms with Crippen LogP contribution in [0.5, 0.6) is 0 Å². The van der Waals surface area contributed by atoms with Gasteiger partial charge in [0, 0.05) is 37.2 Å². The zero-order valence-corrected chi connectivity index (χ0v) is 15.5. The van der Waals surface area contributed by atoms with E-state index in [2.05, 4.69) is 10.3 Å². The van der Waals surface area contributed by atoms with Crippen molar-refractivity contribution in [3.8, 4) is 11.5 Å². The predicted octanol–water partition coefficient (Wildman–Crippen LogP) is 2.44. The van der Waals surface area contributed by atoms with Crippen LogP contribution in [0.25, 0.3) is 11.5 Å². The van der Waals surface area contributed by atoms with Gasteiger partial charge in [0.1, 0.15) is 11.5 Å². The Morgan fingerprint density at radius 3 is 2.78 bits per heavy atom. The van der Waals surface area contributed by atoms with Gasteiger partial charge in [0.05, 0.1) is 12.9 Å². The fraction of sp³-hybridized carbons (Fsp3) is 0.300. The number of carbonyl (C=O) groups excluding carboxylic acids is 1. The molecule has 1 aliphatic rings. The monoisotopic (exact) mass is 362 g/mol. The molecule has 1 aliphatic carbocycles. The molecule has 27 heavy (non-hydrogen) atoms. The Morgan fingerprint density at radius 1 is 1.22 bits per heavy atom. The highest BCUT2D eigenvalue weighted by Gasteiger charge is 2.23. The minimum absolute atomic E-state index is 0.0755. The van der Waals surface area contributed by atoms with Gasteiger partial charge in [-0.1, -0.05) is 18.2 Å². The maximum absolute atomic E-state index is 12.4. The number of aryl methyl sites for hydroxylation is 2. The summed E-state index contributed by atoms with van der Waals surface area (Å²) in [6.45, 7) is 0.222. The van der Waals surface area contributed by atoms with E-state index in [9.17, 15) is 4.79 Å². The lowest BCUT2D eigenvalue weighted by atomic mass is 10.2. The van der Waals surface area contributed by atoms with Crippen LogP contribution in [0.1, 0.15) is 17.7 Å². The minimum Gasteiger partial charge on any atom is -0.350 e. The SMILES string of the molecule is CN(CC(=O)Nc1ccccc1)c1nc(-c2cn(C)cn2)nc2c1CCC2. The van der Waals surface area contributed by atoms with E-state index in [1.807, 2.05) is 60.1 Å². The zero-order chi connectivity index (χ0) is 18.8. The van der Waals surface area contributed by atoms with Crippen LogP contribution in [0.3, 0.4) is 0 Å². The van der Waals surface area contributed by atoms with Gasteiger partial charge in [-0.25, -0.2) is 15.0 Å². The molecule has 1 amide bonds. The molecule has 0 saturated carbocycles. The van der Waals surface area contributed by atoms with E-state index < -0.39 is 0 Å². The van der Waals surface area contributed by atoms with Gasteiger partial charge in [-0.2, -0.15) is 0 Å². The third kappa shape index (κ3) is 3.67. The molecular formula is C20H22N6O. The van der Waals surface area contributed by atoms with Gasteiger partial charge in [0.25, 0.3) is 0 Å². The lowest BCUT2D eigenvalue weighted by molar-refractivity contribution is -0.114. The molecule has 7 nitrogen and oxygen atoms in total. The Kier molecular flexibility index (Phi) is 4.58. The van der Waals surface area contributed by atoms with E-state index in [-0.39, 0.29) is 12.5 Å². The van der Waals surface area contributed by atoms with Gasteiger partial charge >= 0.3 is 0 Å². The van der Waals surface area contributed by atoms with Crippen LogP contribution in [0.15, 0.2) is 42.9 Å². The van der Waals surface area contributed by atoms with Crippen molar-refractivity contribution in [3.05, 3.63) is 54.1 Å². The highest BCUT2D eigenvalue weighted by molar-refractivity contribution is 5.94. The largest absolute Gasteiger partial charge is 0.350 e. The minimum atomic E-state index is -0.0755. The number of aromatic nitrogens is 4. The summed E-state index contributed by atoms with van der Waals surface area (Å²) in [5, 5.41) is 2.92. The molecule has 0 spiro atoms. The molecule has 1 aromatic carbocycles. The summed E-state index contributed by atoms with van der Waals surface area (Å²) in [4.78, 5) is 28.2. The van der Waals surface area contributed by atoms with Crippen LogP contribution in [0.2, 0.25) is 0 Å². The molecule has 2 heterocycles. The molecule has 1 N–H and O–H groups in total. The van der Waals surface area contributed by atoms with E-state index >= 15 is 0 Å². The molecule has 0 fully saturated rings. The first kappa shape index (κ1) is 17.2. The van der Waals surface area contributed by atoms with Crippen LogP contribution >= 0.6 is 0 Å². The van der Waals surface area contributed by atoms with Gasteiger partial charge in [-0.15, -0.1) is 0 Å². The highest BCUT2D eigenvalue weighted by Crippen LogP contribution is 2.30. The Balaban J connectivity index is 1.58. The fourth-order valence-corrected chi connectivity index (χ4v) is 3.38. The number of hydrogen-bond acceptors (Lipinski definition) is 5. The second-order valence-electron chi connectivity index (χ2n) is 6.84. The summed E-state index contributed by atoms with van der Waals surface area (Å²) in [5.41, 5.74) is 3.74. The molecule has 0 atom stereocenters. The average molecular weight is 362 g/mol. The van der Waals surface area contributed by atoms with Crippen LogP contribution in [-0.2, 0) is 24.7 Å². The normalized spacial score (nSPS) is 12.7. The van der Waals surface area contributed by atoms with Gasteiger partial charge in [0.2, 0.25) is 5.91 Å². The molecule has 3 aromatic rings. The number of nitrogens with zero attached hydrogens (tertiary/aromatic N) is 5. The van der Waals surface area contributed by atoms with Gasteiger partial charge in [0.15, 0.2) is 5.82 Å². The van der Waals surface area contributed by atoms with E-state index in [4.69, 9.17) is 9.97 Å². The van der Waals surface area contributed by atoms with Crippen molar-refractivity contribution in [2.45, 2.75) is 19.3 Å². The number of fused-ring (bicyclic) bond motifs is 1. The number of carbonyl (C=O) groups is 1. The third-order valence-corrected chi connectivity index (χ3v) is 4.65. The molecule has 0 radical (unpaired) electrons. The van der Waals surface area contributed by atoms with Crippen LogP contribution in [-0.4, -0.2) is 39.0 Å². The Hall–Kier alpha value is -3.22. The molecule has 0 unspecified atom stereocenters. The molecule has 138 valence electrons. The van der Waals surface area contributed by atoms with Crippen molar-refractivity contribution in [2.75, 3.05) is 23.8 Å².